The van der Waals surface area contributed by atoms with E-state index < -0.39 is 55.5 Å². The molecule has 0 fully saturated rings. The summed E-state index contributed by atoms with van der Waals surface area (Å²) in [6.45, 7) is 15.4. The van der Waals surface area contributed by atoms with Crippen LogP contribution in [-0.2, 0) is 37.6 Å². The first-order valence-corrected chi connectivity index (χ1v) is 16.5. The van der Waals surface area contributed by atoms with E-state index in [1.807, 2.05) is 0 Å². The monoisotopic (exact) mass is 634 g/mol. The Morgan fingerprint density at radius 1 is 0.548 bits per heavy atom. The minimum atomic E-state index is -2.34. The highest BCUT2D eigenvalue weighted by Gasteiger charge is 2.36. The van der Waals surface area contributed by atoms with Crippen molar-refractivity contribution in [3.8, 4) is 5.75 Å². The standard InChI is InChI=1S/C27H43F5O9Si/c1-27(2,3)42(4,5)40-19-18-39-17-16-38-15-14-37-13-12-36-11-10-35-9-8-34-7-6-20(33)41-26-24(31)22(29)21(28)23(30)25(26)32/h6-19H2,1-5H3. The van der Waals surface area contributed by atoms with Crippen LogP contribution in [0.25, 0.3) is 0 Å². The van der Waals surface area contributed by atoms with Gasteiger partial charge in [-0.3, -0.25) is 4.79 Å². The quantitative estimate of drug-likeness (QED) is 0.0320. The molecule has 0 bridgehead atoms. The van der Waals surface area contributed by atoms with Gasteiger partial charge >= 0.3 is 5.97 Å². The molecule has 1 rings (SSSR count). The lowest BCUT2D eigenvalue weighted by molar-refractivity contribution is -0.136. The first-order valence-electron chi connectivity index (χ1n) is 13.6. The molecule has 0 aliphatic rings. The molecule has 0 heterocycles. The summed E-state index contributed by atoms with van der Waals surface area (Å²) < 4.78 is 109. The SMILES string of the molecule is CC(C)(C)[Si](C)(C)OCCOCCOCCOCCOCCOCCOCCC(=O)Oc1c(F)c(F)c(F)c(F)c1F. The molecule has 9 nitrogen and oxygen atoms in total. The number of carbonyl (C=O) groups is 1. The van der Waals surface area contributed by atoms with Crippen LogP contribution in [0, 0.1) is 29.1 Å². The van der Waals surface area contributed by atoms with Crippen LogP contribution in [-0.4, -0.2) is 100 Å². The van der Waals surface area contributed by atoms with Gasteiger partial charge in [-0.2, -0.15) is 8.78 Å². The molecule has 0 saturated carbocycles. The predicted octanol–water partition coefficient (Wildman–Crippen LogP) is 4.80. The van der Waals surface area contributed by atoms with Crippen molar-refractivity contribution in [1.29, 1.82) is 0 Å². The molecule has 0 unspecified atom stereocenters. The van der Waals surface area contributed by atoms with Gasteiger partial charge in [0.2, 0.25) is 34.8 Å². The van der Waals surface area contributed by atoms with Gasteiger partial charge in [0.05, 0.1) is 92.3 Å². The molecule has 1 aromatic carbocycles. The van der Waals surface area contributed by atoms with Crippen LogP contribution in [0.1, 0.15) is 27.2 Å². The Kier molecular flexibility index (Phi) is 18.5. The van der Waals surface area contributed by atoms with E-state index in [1.54, 1.807) is 0 Å². The predicted molar refractivity (Wildman–Crippen MR) is 145 cm³/mol. The summed E-state index contributed by atoms with van der Waals surface area (Å²) in [4.78, 5) is 11.6. The normalized spacial score (nSPS) is 12.2. The van der Waals surface area contributed by atoms with Gasteiger partial charge in [0, 0.05) is 0 Å². The van der Waals surface area contributed by atoms with Gasteiger partial charge in [0.15, 0.2) is 8.32 Å². The van der Waals surface area contributed by atoms with E-state index in [1.165, 1.54) is 0 Å². The zero-order chi connectivity index (χ0) is 31.6. The molecule has 0 aliphatic carbocycles. The number of hydrogen-bond acceptors (Lipinski definition) is 9. The fourth-order valence-corrected chi connectivity index (χ4v) is 3.80. The Labute approximate surface area is 244 Å². The fraction of sp³-hybridized carbons (Fsp3) is 0.741. The van der Waals surface area contributed by atoms with E-state index in [9.17, 15) is 26.7 Å². The molecular formula is C27H43F5O9Si. The Bertz CT molecular complexity index is 903. The molecule has 1 aromatic rings. The number of carbonyl (C=O) groups excluding carboxylic acids is 1. The molecule has 0 N–H and O–H groups in total. The average Bonchev–Trinajstić information content (AvgIpc) is 2.93. The van der Waals surface area contributed by atoms with Crippen LogP contribution in [0.2, 0.25) is 18.1 Å². The summed E-state index contributed by atoms with van der Waals surface area (Å²) in [5.74, 6) is -14.1. The van der Waals surface area contributed by atoms with Gasteiger partial charge in [0.1, 0.15) is 0 Å². The molecule has 0 spiro atoms. The van der Waals surface area contributed by atoms with Gasteiger partial charge in [-0.05, 0) is 18.1 Å². The second-order valence-electron chi connectivity index (χ2n) is 10.4. The highest BCUT2D eigenvalue weighted by Crippen LogP contribution is 2.36. The Hall–Kier alpha value is -1.72. The van der Waals surface area contributed by atoms with Crippen molar-refractivity contribution in [2.75, 3.05) is 85.9 Å². The second kappa shape index (κ2) is 20.3. The highest BCUT2D eigenvalue weighted by atomic mass is 28.4. The van der Waals surface area contributed by atoms with Crippen LogP contribution >= 0.6 is 0 Å². The Balaban J connectivity index is 1.88. The van der Waals surface area contributed by atoms with Gasteiger partial charge in [-0.25, -0.2) is 13.2 Å². The third-order valence-corrected chi connectivity index (χ3v) is 10.7. The third-order valence-electron chi connectivity index (χ3n) is 6.19. The van der Waals surface area contributed by atoms with Gasteiger partial charge in [-0.15, -0.1) is 0 Å². The zero-order valence-corrected chi connectivity index (χ0v) is 26.0. The number of hydrogen-bond donors (Lipinski definition) is 0. The minimum absolute atomic E-state index is 0.0919. The van der Waals surface area contributed by atoms with Crippen molar-refractivity contribution in [3.63, 3.8) is 0 Å². The zero-order valence-electron chi connectivity index (χ0n) is 25.0. The van der Waals surface area contributed by atoms with Crippen LogP contribution in [0.15, 0.2) is 0 Å². The van der Waals surface area contributed by atoms with Crippen LogP contribution in [0.3, 0.4) is 0 Å². The fourth-order valence-electron chi connectivity index (χ4n) is 2.77. The first-order chi connectivity index (χ1) is 19.8. The highest BCUT2D eigenvalue weighted by molar-refractivity contribution is 6.74. The second-order valence-corrected chi connectivity index (χ2v) is 15.2. The topological polar surface area (TPSA) is 90.9 Å². The number of benzene rings is 1. The number of halogens is 5. The van der Waals surface area contributed by atoms with Gasteiger partial charge in [-0.1, -0.05) is 20.8 Å². The maximum atomic E-state index is 13.5. The van der Waals surface area contributed by atoms with Crippen molar-refractivity contribution in [1.82, 2.24) is 0 Å². The van der Waals surface area contributed by atoms with E-state index in [2.05, 4.69) is 38.6 Å². The molecule has 0 atom stereocenters. The summed E-state index contributed by atoms with van der Waals surface area (Å²) in [7, 11) is -1.74. The molecule has 15 heteroatoms. The van der Waals surface area contributed by atoms with Crippen molar-refractivity contribution in [3.05, 3.63) is 29.1 Å². The lowest BCUT2D eigenvalue weighted by Gasteiger charge is -2.36. The van der Waals surface area contributed by atoms with Crippen molar-refractivity contribution >= 4 is 14.3 Å². The third kappa shape index (κ3) is 14.6. The minimum Gasteiger partial charge on any atom is -0.420 e. The lowest BCUT2D eigenvalue weighted by atomic mass is 10.2. The van der Waals surface area contributed by atoms with E-state index in [0.717, 1.165) is 0 Å². The Morgan fingerprint density at radius 3 is 1.21 bits per heavy atom. The maximum Gasteiger partial charge on any atom is 0.313 e. The number of esters is 1. The van der Waals surface area contributed by atoms with Crippen molar-refractivity contribution in [2.24, 2.45) is 0 Å². The van der Waals surface area contributed by atoms with E-state index in [0.29, 0.717) is 59.5 Å². The molecule has 0 amide bonds. The molecule has 244 valence electrons. The number of ether oxygens (including phenoxy) is 7. The molecule has 0 saturated heterocycles. The van der Waals surface area contributed by atoms with Crippen LogP contribution in [0.5, 0.6) is 5.75 Å². The maximum absolute atomic E-state index is 13.5. The smallest absolute Gasteiger partial charge is 0.313 e. The van der Waals surface area contributed by atoms with Crippen LogP contribution < -0.4 is 4.74 Å². The van der Waals surface area contributed by atoms with E-state index >= 15 is 0 Å². The van der Waals surface area contributed by atoms with Gasteiger partial charge < -0.3 is 37.6 Å². The summed E-state index contributed by atoms with van der Waals surface area (Å²) in [6.07, 6.45) is -0.478. The number of rotatable bonds is 23. The van der Waals surface area contributed by atoms with Crippen molar-refractivity contribution in [2.45, 2.75) is 45.3 Å². The summed E-state index contributed by atoms with van der Waals surface area (Å²) in [5.41, 5.74) is 0. The molecule has 42 heavy (non-hydrogen) atoms. The van der Waals surface area contributed by atoms with E-state index in [4.69, 9.17) is 32.8 Å². The molecular weight excluding hydrogens is 591 g/mol. The summed E-state index contributed by atoms with van der Waals surface area (Å²) in [6, 6.07) is 0. The van der Waals surface area contributed by atoms with E-state index in [-0.39, 0.29) is 31.5 Å². The average molecular weight is 635 g/mol. The van der Waals surface area contributed by atoms with Crippen LogP contribution in [0.4, 0.5) is 22.0 Å². The Morgan fingerprint density at radius 2 is 0.857 bits per heavy atom. The summed E-state index contributed by atoms with van der Waals surface area (Å²) in [5, 5.41) is 0.178. The lowest BCUT2D eigenvalue weighted by Crippen LogP contribution is -2.41. The first kappa shape index (κ1) is 38.3. The molecule has 0 aliphatic heterocycles. The molecule has 0 aromatic heterocycles. The van der Waals surface area contributed by atoms with Gasteiger partial charge in [0.25, 0.3) is 0 Å². The largest absolute Gasteiger partial charge is 0.420 e. The molecule has 0 radical (unpaired) electrons. The van der Waals surface area contributed by atoms with Crippen molar-refractivity contribution < 1.29 is 64.3 Å². The summed E-state index contributed by atoms with van der Waals surface area (Å²) >= 11 is 0.